The lowest BCUT2D eigenvalue weighted by atomic mass is 9.87. The molecule has 0 aliphatic carbocycles. The van der Waals surface area contributed by atoms with Crippen LogP contribution >= 0.6 is 0 Å². The van der Waals surface area contributed by atoms with Crippen LogP contribution < -0.4 is 10.9 Å². The first kappa shape index (κ1) is 7.19. The van der Waals surface area contributed by atoms with E-state index in [0.29, 0.717) is 0 Å². The third kappa shape index (κ3) is 1.53. The highest BCUT2D eigenvalue weighted by Gasteiger charge is 2.14. The maximum Gasteiger partial charge on any atom is 0.0215 e. The Kier molecular flexibility index (Phi) is 1.70. The van der Waals surface area contributed by atoms with Crippen LogP contribution in [0.5, 0.6) is 0 Å². The molecule has 10 heavy (non-hydrogen) atoms. The van der Waals surface area contributed by atoms with Crippen molar-refractivity contribution in [3.63, 3.8) is 0 Å². The van der Waals surface area contributed by atoms with Gasteiger partial charge in [-0.15, -0.1) is 0 Å². The van der Waals surface area contributed by atoms with Gasteiger partial charge < -0.3 is 10.9 Å². The average molecular weight is 138 g/mol. The van der Waals surface area contributed by atoms with E-state index in [1.807, 2.05) is 12.4 Å². The molecule has 0 fully saturated rings. The molecule has 2 N–H and O–H groups in total. The van der Waals surface area contributed by atoms with Crippen LogP contribution in [0.15, 0.2) is 24.0 Å². The van der Waals surface area contributed by atoms with Gasteiger partial charge in [0.1, 0.15) is 0 Å². The van der Waals surface area contributed by atoms with Crippen molar-refractivity contribution in [2.45, 2.75) is 20.8 Å². The standard InChI is InChI=1S/C8H14N2/c1-8(2,3)7-4-5-9-10-6-7/h4-6,9-10H,1-3H3. The molecule has 0 saturated carbocycles. The van der Waals surface area contributed by atoms with Crippen molar-refractivity contribution in [3.8, 4) is 0 Å². The van der Waals surface area contributed by atoms with E-state index in [2.05, 4.69) is 37.7 Å². The molecule has 1 aliphatic rings. The van der Waals surface area contributed by atoms with E-state index < -0.39 is 0 Å². The van der Waals surface area contributed by atoms with Crippen LogP contribution in [-0.4, -0.2) is 0 Å². The lowest BCUT2D eigenvalue weighted by molar-refractivity contribution is 0.505. The molecule has 0 saturated heterocycles. The van der Waals surface area contributed by atoms with Crippen molar-refractivity contribution in [2.75, 3.05) is 0 Å². The molecule has 0 atom stereocenters. The van der Waals surface area contributed by atoms with E-state index in [0.717, 1.165) is 0 Å². The highest BCUT2D eigenvalue weighted by molar-refractivity contribution is 5.25. The molecule has 0 amide bonds. The first-order chi connectivity index (χ1) is 4.61. The molecule has 0 radical (unpaired) electrons. The quantitative estimate of drug-likeness (QED) is 0.530. The van der Waals surface area contributed by atoms with Gasteiger partial charge >= 0.3 is 0 Å². The summed E-state index contributed by atoms with van der Waals surface area (Å²) in [4.78, 5) is 0. The van der Waals surface area contributed by atoms with E-state index in [-0.39, 0.29) is 5.41 Å². The molecule has 2 nitrogen and oxygen atoms in total. The van der Waals surface area contributed by atoms with Gasteiger partial charge in [-0.1, -0.05) is 20.8 Å². The van der Waals surface area contributed by atoms with Crippen LogP contribution in [0.1, 0.15) is 20.8 Å². The minimum absolute atomic E-state index is 0.242. The summed E-state index contributed by atoms with van der Waals surface area (Å²) in [6.07, 6.45) is 5.97. The summed E-state index contributed by atoms with van der Waals surface area (Å²) in [6, 6.07) is 0. The molecular weight excluding hydrogens is 124 g/mol. The number of hydrogen-bond donors (Lipinski definition) is 2. The molecule has 0 aromatic heterocycles. The van der Waals surface area contributed by atoms with Crippen molar-refractivity contribution in [1.29, 1.82) is 0 Å². The zero-order chi connectivity index (χ0) is 7.61. The molecule has 0 aromatic carbocycles. The Morgan fingerprint density at radius 2 is 1.90 bits per heavy atom. The number of allylic oxidation sites excluding steroid dienone is 2. The van der Waals surface area contributed by atoms with E-state index in [9.17, 15) is 0 Å². The van der Waals surface area contributed by atoms with Crippen LogP contribution in [0.4, 0.5) is 0 Å². The SMILES string of the molecule is CC(C)(C)C1=CNNC=C1. The second-order valence-corrected chi connectivity index (χ2v) is 3.47. The molecule has 2 heteroatoms. The van der Waals surface area contributed by atoms with Gasteiger partial charge in [-0.2, -0.15) is 0 Å². The van der Waals surface area contributed by atoms with Crippen molar-refractivity contribution >= 4 is 0 Å². The lowest BCUT2D eigenvalue weighted by Gasteiger charge is -2.22. The average Bonchev–Trinajstić information content (AvgIpc) is 1.88. The fourth-order valence-electron chi connectivity index (χ4n) is 0.814. The molecule has 0 aromatic rings. The minimum atomic E-state index is 0.242. The Balaban J connectivity index is 2.73. The normalized spacial score (nSPS) is 17.3. The van der Waals surface area contributed by atoms with Gasteiger partial charge in [-0.3, -0.25) is 0 Å². The van der Waals surface area contributed by atoms with Gasteiger partial charge in [0.2, 0.25) is 0 Å². The second-order valence-electron chi connectivity index (χ2n) is 3.47. The van der Waals surface area contributed by atoms with Crippen LogP contribution in [0.25, 0.3) is 0 Å². The summed E-state index contributed by atoms with van der Waals surface area (Å²) in [5.41, 5.74) is 7.38. The Morgan fingerprint density at radius 3 is 2.20 bits per heavy atom. The molecular formula is C8H14N2. The van der Waals surface area contributed by atoms with E-state index >= 15 is 0 Å². The van der Waals surface area contributed by atoms with Gasteiger partial charge in [0.05, 0.1) is 0 Å². The van der Waals surface area contributed by atoms with Crippen LogP contribution in [0.2, 0.25) is 0 Å². The molecule has 0 unspecified atom stereocenters. The summed E-state index contributed by atoms with van der Waals surface area (Å²) in [5, 5.41) is 0. The predicted octanol–water partition coefficient (Wildman–Crippen LogP) is 1.54. The Morgan fingerprint density at radius 1 is 1.20 bits per heavy atom. The highest BCUT2D eigenvalue weighted by Crippen LogP contribution is 2.25. The molecule has 1 heterocycles. The van der Waals surface area contributed by atoms with Gasteiger partial charge in [-0.05, 0) is 17.1 Å². The van der Waals surface area contributed by atoms with Crippen LogP contribution in [0.3, 0.4) is 0 Å². The summed E-state index contributed by atoms with van der Waals surface area (Å²) < 4.78 is 0. The van der Waals surface area contributed by atoms with Crippen molar-refractivity contribution in [3.05, 3.63) is 24.0 Å². The van der Waals surface area contributed by atoms with Gasteiger partial charge in [0, 0.05) is 12.4 Å². The maximum absolute atomic E-state index is 2.94. The summed E-state index contributed by atoms with van der Waals surface area (Å²) in [5.74, 6) is 0. The molecule has 0 bridgehead atoms. The van der Waals surface area contributed by atoms with Gasteiger partial charge in [0.25, 0.3) is 0 Å². The first-order valence-electron chi connectivity index (χ1n) is 3.49. The number of hydrazine groups is 1. The summed E-state index contributed by atoms with van der Waals surface area (Å²) in [6.45, 7) is 6.57. The minimum Gasteiger partial charge on any atom is -0.309 e. The third-order valence-corrected chi connectivity index (χ3v) is 1.52. The van der Waals surface area contributed by atoms with Crippen molar-refractivity contribution in [1.82, 2.24) is 10.9 Å². The van der Waals surface area contributed by atoms with Crippen LogP contribution in [-0.2, 0) is 0 Å². The Hall–Kier alpha value is -0.920. The topological polar surface area (TPSA) is 24.1 Å². The number of nitrogens with one attached hydrogen (secondary N) is 2. The van der Waals surface area contributed by atoms with E-state index in [4.69, 9.17) is 0 Å². The summed E-state index contributed by atoms with van der Waals surface area (Å²) in [7, 11) is 0. The Bertz CT molecular complexity index is 172. The lowest BCUT2D eigenvalue weighted by Crippen LogP contribution is -2.26. The van der Waals surface area contributed by atoms with Crippen molar-refractivity contribution < 1.29 is 0 Å². The molecule has 1 rings (SSSR count). The largest absolute Gasteiger partial charge is 0.309 e. The first-order valence-corrected chi connectivity index (χ1v) is 3.49. The van der Waals surface area contributed by atoms with E-state index in [1.165, 1.54) is 5.57 Å². The molecule has 0 spiro atoms. The van der Waals surface area contributed by atoms with Crippen LogP contribution in [0, 0.1) is 5.41 Å². The number of rotatable bonds is 0. The zero-order valence-electron chi connectivity index (χ0n) is 6.73. The fraction of sp³-hybridized carbons (Fsp3) is 0.500. The van der Waals surface area contributed by atoms with Crippen molar-refractivity contribution in [2.24, 2.45) is 5.41 Å². The summed E-state index contributed by atoms with van der Waals surface area (Å²) >= 11 is 0. The zero-order valence-corrected chi connectivity index (χ0v) is 6.73. The molecule has 1 aliphatic heterocycles. The smallest absolute Gasteiger partial charge is 0.0215 e. The number of hydrogen-bond acceptors (Lipinski definition) is 2. The van der Waals surface area contributed by atoms with Gasteiger partial charge in [0.15, 0.2) is 0 Å². The second kappa shape index (κ2) is 2.37. The monoisotopic (exact) mass is 138 g/mol. The maximum atomic E-state index is 2.94. The van der Waals surface area contributed by atoms with E-state index in [1.54, 1.807) is 0 Å². The molecule has 56 valence electrons. The highest BCUT2D eigenvalue weighted by atomic mass is 15.3. The fourth-order valence-corrected chi connectivity index (χ4v) is 0.814. The third-order valence-electron chi connectivity index (χ3n) is 1.52. The van der Waals surface area contributed by atoms with Gasteiger partial charge in [-0.25, -0.2) is 0 Å². The predicted molar refractivity (Wildman–Crippen MR) is 42.9 cm³/mol. The Labute approximate surface area is 62.0 Å².